The summed E-state index contributed by atoms with van der Waals surface area (Å²) in [6.45, 7) is 1.80. The molecule has 3 N–H and O–H groups in total. The van der Waals surface area contributed by atoms with Crippen molar-refractivity contribution >= 4 is 33.5 Å². The molecule has 6 heteroatoms. The Morgan fingerprint density at radius 3 is 2.43 bits per heavy atom. The van der Waals surface area contributed by atoms with Gasteiger partial charge in [-0.25, -0.2) is 4.79 Å². The molecular formula is C15H12BrNO4. The normalized spacial score (nSPS) is 10.2. The van der Waals surface area contributed by atoms with Crippen molar-refractivity contribution in [3.8, 4) is 5.75 Å². The van der Waals surface area contributed by atoms with Crippen LogP contribution in [0, 0.1) is 6.92 Å². The van der Waals surface area contributed by atoms with E-state index in [2.05, 4.69) is 21.2 Å². The summed E-state index contributed by atoms with van der Waals surface area (Å²) in [7, 11) is 0. The van der Waals surface area contributed by atoms with Crippen molar-refractivity contribution in [2.45, 2.75) is 6.92 Å². The average Bonchev–Trinajstić information content (AvgIpc) is 2.40. The predicted octanol–water partition coefficient (Wildman–Crippen LogP) is 3.41. The van der Waals surface area contributed by atoms with Gasteiger partial charge in [-0.3, -0.25) is 4.79 Å². The van der Waals surface area contributed by atoms with Gasteiger partial charge >= 0.3 is 5.97 Å². The molecule has 0 unspecified atom stereocenters. The van der Waals surface area contributed by atoms with Gasteiger partial charge in [-0.05, 0) is 58.7 Å². The quantitative estimate of drug-likeness (QED) is 0.792. The minimum Gasteiger partial charge on any atom is -0.507 e. The standard InChI is InChI=1S/C15H12BrNO4/c1-8-2-4-10(13(18)6-8)14(19)17-9-3-5-12(16)11(7-9)15(20)21/h2-7,18H,1H3,(H,17,19)(H,20,21). The maximum Gasteiger partial charge on any atom is 0.336 e. The number of carbonyl (C=O) groups is 2. The van der Waals surface area contributed by atoms with E-state index in [9.17, 15) is 14.7 Å². The number of anilines is 1. The molecule has 0 radical (unpaired) electrons. The van der Waals surface area contributed by atoms with E-state index in [1.807, 2.05) is 0 Å². The minimum absolute atomic E-state index is 0.0425. The number of aromatic carboxylic acids is 1. The lowest BCUT2D eigenvalue weighted by molar-refractivity contribution is 0.0695. The third kappa shape index (κ3) is 3.41. The van der Waals surface area contributed by atoms with Crippen LogP contribution in [0.4, 0.5) is 5.69 Å². The molecule has 0 heterocycles. The SMILES string of the molecule is Cc1ccc(C(=O)Nc2ccc(Br)c(C(=O)O)c2)c(O)c1. The number of benzene rings is 2. The average molecular weight is 350 g/mol. The molecule has 0 aliphatic rings. The lowest BCUT2D eigenvalue weighted by atomic mass is 10.1. The van der Waals surface area contributed by atoms with Crippen molar-refractivity contribution < 1.29 is 19.8 Å². The zero-order valence-corrected chi connectivity index (χ0v) is 12.6. The summed E-state index contributed by atoms with van der Waals surface area (Å²) in [5.41, 5.74) is 1.34. The van der Waals surface area contributed by atoms with Gasteiger partial charge in [-0.15, -0.1) is 0 Å². The topological polar surface area (TPSA) is 86.6 Å². The third-order valence-corrected chi connectivity index (χ3v) is 3.54. The summed E-state index contributed by atoms with van der Waals surface area (Å²) in [6, 6.07) is 9.15. The second-order valence-electron chi connectivity index (χ2n) is 4.47. The smallest absolute Gasteiger partial charge is 0.336 e. The molecule has 2 aromatic carbocycles. The highest BCUT2D eigenvalue weighted by Crippen LogP contribution is 2.23. The van der Waals surface area contributed by atoms with Crippen molar-refractivity contribution in [3.63, 3.8) is 0 Å². The Bertz CT molecular complexity index is 728. The minimum atomic E-state index is -1.10. The third-order valence-electron chi connectivity index (χ3n) is 2.85. The zero-order chi connectivity index (χ0) is 15.6. The van der Waals surface area contributed by atoms with Gasteiger partial charge in [0.2, 0.25) is 0 Å². The van der Waals surface area contributed by atoms with Crippen LogP contribution in [0.3, 0.4) is 0 Å². The molecule has 5 nitrogen and oxygen atoms in total. The van der Waals surface area contributed by atoms with E-state index in [4.69, 9.17) is 5.11 Å². The Hall–Kier alpha value is -2.34. The van der Waals surface area contributed by atoms with Crippen LogP contribution >= 0.6 is 15.9 Å². The Balaban J connectivity index is 2.27. The maximum absolute atomic E-state index is 12.1. The fourth-order valence-corrected chi connectivity index (χ4v) is 2.22. The number of hydrogen-bond acceptors (Lipinski definition) is 3. The van der Waals surface area contributed by atoms with E-state index in [0.29, 0.717) is 10.2 Å². The summed E-state index contributed by atoms with van der Waals surface area (Å²) >= 11 is 3.13. The second-order valence-corrected chi connectivity index (χ2v) is 5.33. The number of phenols is 1. The number of carboxylic acid groups (broad SMARTS) is 1. The van der Waals surface area contributed by atoms with E-state index in [1.165, 1.54) is 24.3 Å². The van der Waals surface area contributed by atoms with Gasteiger partial charge in [-0.2, -0.15) is 0 Å². The monoisotopic (exact) mass is 349 g/mol. The van der Waals surface area contributed by atoms with Crippen LogP contribution in [0.25, 0.3) is 0 Å². The number of aryl methyl sites for hydroxylation is 1. The predicted molar refractivity (Wildman–Crippen MR) is 81.9 cm³/mol. The van der Waals surface area contributed by atoms with Crippen molar-refractivity contribution in [1.82, 2.24) is 0 Å². The molecule has 108 valence electrons. The molecule has 0 fully saturated rings. The number of carbonyl (C=O) groups excluding carboxylic acids is 1. The molecule has 0 saturated heterocycles. The zero-order valence-electron chi connectivity index (χ0n) is 11.1. The molecule has 0 atom stereocenters. The first-order valence-corrected chi connectivity index (χ1v) is 6.81. The highest BCUT2D eigenvalue weighted by molar-refractivity contribution is 9.10. The molecule has 1 amide bonds. The molecule has 0 saturated carbocycles. The summed E-state index contributed by atoms with van der Waals surface area (Å²) in [6.07, 6.45) is 0. The van der Waals surface area contributed by atoms with Crippen molar-refractivity contribution in [2.75, 3.05) is 5.32 Å². The fourth-order valence-electron chi connectivity index (χ4n) is 1.80. The van der Waals surface area contributed by atoms with Crippen LogP contribution in [-0.4, -0.2) is 22.1 Å². The number of hydrogen-bond donors (Lipinski definition) is 3. The number of phenolic OH excluding ortho intramolecular Hbond substituents is 1. The maximum atomic E-state index is 12.1. The summed E-state index contributed by atoms with van der Waals surface area (Å²) in [4.78, 5) is 23.1. The highest BCUT2D eigenvalue weighted by atomic mass is 79.9. The van der Waals surface area contributed by atoms with Crippen LogP contribution in [-0.2, 0) is 0 Å². The van der Waals surface area contributed by atoms with Crippen LogP contribution in [0.1, 0.15) is 26.3 Å². The van der Waals surface area contributed by atoms with Gasteiger partial charge in [0.1, 0.15) is 5.75 Å². The van der Waals surface area contributed by atoms with E-state index in [0.717, 1.165) is 5.56 Å². The Kier molecular flexibility index (Phi) is 4.28. The number of amides is 1. The van der Waals surface area contributed by atoms with E-state index >= 15 is 0 Å². The van der Waals surface area contributed by atoms with Crippen LogP contribution in [0.15, 0.2) is 40.9 Å². The Morgan fingerprint density at radius 2 is 1.81 bits per heavy atom. The molecule has 0 aromatic heterocycles. The van der Waals surface area contributed by atoms with Gasteiger partial charge in [0.25, 0.3) is 5.91 Å². The Morgan fingerprint density at radius 1 is 1.10 bits per heavy atom. The molecule has 2 rings (SSSR count). The summed E-state index contributed by atoms with van der Waals surface area (Å²) in [5, 5.41) is 21.4. The van der Waals surface area contributed by atoms with Gasteiger partial charge in [0.05, 0.1) is 11.1 Å². The highest BCUT2D eigenvalue weighted by Gasteiger charge is 2.14. The molecule has 0 aliphatic carbocycles. The van der Waals surface area contributed by atoms with Crippen molar-refractivity contribution in [3.05, 3.63) is 57.6 Å². The van der Waals surface area contributed by atoms with Gasteiger partial charge in [0, 0.05) is 10.2 Å². The number of carboxylic acids is 1. The number of halogens is 1. The van der Waals surface area contributed by atoms with E-state index in [1.54, 1.807) is 19.1 Å². The molecular weight excluding hydrogens is 338 g/mol. The number of rotatable bonds is 3. The van der Waals surface area contributed by atoms with E-state index < -0.39 is 11.9 Å². The van der Waals surface area contributed by atoms with Gasteiger partial charge < -0.3 is 15.5 Å². The number of aromatic hydroxyl groups is 1. The Labute approximate surface area is 129 Å². The second kappa shape index (κ2) is 5.97. The molecule has 0 aliphatic heterocycles. The molecule has 2 aromatic rings. The van der Waals surface area contributed by atoms with Gasteiger partial charge in [0.15, 0.2) is 0 Å². The molecule has 0 bridgehead atoms. The largest absolute Gasteiger partial charge is 0.507 e. The molecule has 21 heavy (non-hydrogen) atoms. The summed E-state index contributed by atoms with van der Waals surface area (Å²) in [5.74, 6) is -1.73. The first-order valence-electron chi connectivity index (χ1n) is 6.02. The van der Waals surface area contributed by atoms with Crippen molar-refractivity contribution in [1.29, 1.82) is 0 Å². The summed E-state index contributed by atoms with van der Waals surface area (Å²) < 4.78 is 0.422. The fraction of sp³-hybridized carbons (Fsp3) is 0.0667. The van der Waals surface area contributed by atoms with Crippen molar-refractivity contribution in [2.24, 2.45) is 0 Å². The number of nitrogens with one attached hydrogen (secondary N) is 1. The van der Waals surface area contributed by atoms with E-state index in [-0.39, 0.29) is 16.9 Å². The molecule has 0 spiro atoms. The first-order chi connectivity index (χ1) is 9.88. The lowest BCUT2D eigenvalue weighted by Crippen LogP contribution is -2.12. The van der Waals surface area contributed by atoms with Crippen LogP contribution in [0.5, 0.6) is 5.75 Å². The van der Waals surface area contributed by atoms with Crippen LogP contribution < -0.4 is 5.32 Å². The first kappa shape index (κ1) is 15.1. The lowest BCUT2D eigenvalue weighted by Gasteiger charge is -2.09. The van der Waals surface area contributed by atoms with Gasteiger partial charge in [-0.1, -0.05) is 6.07 Å². The van der Waals surface area contributed by atoms with Crippen LogP contribution in [0.2, 0.25) is 0 Å².